The maximum Gasteiger partial charge on any atom is 0.291 e. The number of halogens is 1. The summed E-state index contributed by atoms with van der Waals surface area (Å²) in [5, 5.41) is 13.3. The van der Waals surface area contributed by atoms with Crippen LogP contribution in [-0.4, -0.2) is 15.6 Å². The molecular formula is C23H19FN2O4. The predicted molar refractivity (Wildman–Crippen MR) is 109 cm³/mol. The summed E-state index contributed by atoms with van der Waals surface area (Å²) in [5.74, 6) is -1.06. The molecule has 0 aliphatic rings. The van der Waals surface area contributed by atoms with E-state index in [0.29, 0.717) is 23.2 Å². The third-order valence-electron chi connectivity index (χ3n) is 4.96. The number of hydrogen-bond donors (Lipinski definition) is 2. The minimum absolute atomic E-state index is 0.0375. The number of carbonyl (C=O) groups is 1. The lowest BCUT2D eigenvalue weighted by molar-refractivity contribution is 0.0908. The van der Waals surface area contributed by atoms with Crippen molar-refractivity contribution in [3.63, 3.8) is 0 Å². The second kappa shape index (κ2) is 7.87. The van der Waals surface area contributed by atoms with E-state index in [1.165, 1.54) is 18.2 Å². The highest BCUT2D eigenvalue weighted by Gasteiger charge is 2.21. The van der Waals surface area contributed by atoms with Crippen molar-refractivity contribution >= 4 is 11.4 Å². The molecule has 0 atom stereocenters. The number of aromatic hydroxyl groups is 1. The SMILES string of the molecule is Cc1c(O)c(Cc2ccc(F)cc2)c(=O)n2oc(C(=O)NCc3ccccc3)cc12. The van der Waals surface area contributed by atoms with Gasteiger partial charge >= 0.3 is 0 Å². The first-order valence-corrected chi connectivity index (χ1v) is 9.38. The number of benzene rings is 2. The third kappa shape index (κ3) is 3.69. The minimum atomic E-state index is -0.570. The Balaban J connectivity index is 1.66. The molecule has 0 spiro atoms. The molecule has 0 aliphatic heterocycles. The second-order valence-corrected chi connectivity index (χ2v) is 7.01. The van der Waals surface area contributed by atoms with Crippen LogP contribution in [0.5, 0.6) is 5.75 Å². The summed E-state index contributed by atoms with van der Waals surface area (Å²) in [6, 6.07) is 16.5. The first kappa shape index (κ1) is 19.4. The van der Waals surface area contributed by atoms with E-state index in [4.69, 9.17) is 4.52 Å². The topological polar surface area (TPSA) is 83.9 Å². The maximum absolute atomic E-state index is 13.1. The molecule has 152 valence electrons. The van der Waals surface area contributed by atoms with Gasteiger partial charge in [0.25, 0.3) is 11.5 Å². The van der Waals surface area contributed by atoms with E-state index in [0.717, 1.165) is 10.1 Å². The normalized spacial score (nSPS) is 11.0. The quantitative estimate of drug-likeness (QED) is 0.531. The monoisotopic (exact) mass is 406 g/mol. The molecule has 0 radical (unpaired) electrons. The average molecular weight is 406 g/mol. The fourth-order valence-corrected chi connectivity index (χ4v) is 3.28. The van der Waals surface area contributed by atoms with Gasteiger partial charge in [-0.3, -0.25) is 9.59 Å². The molecule has 0 saturated carbocycles. The van der Waals surface area contributed by atoms with Gasteiger partial charge in [-0.25, -0.2) is 4.39 Å². The number of carbonyl (C=O) groups excluding carboxylic acids is 1. The van der Waals surface area contributed by atoms with Crippen LogP contribution >= 0.6 is 0 Å². The van der Waals surface area contributed by atoms with Gasteiger partial charge in [0.1, 0.15) is 11.6 Å². The van der Waals surface area contributed by atoms with E-state index in [-0.39, 0.29) is 29.3 Å². The van der Waals surface area contributed by atoms with Gasteiger partial charge in [0.2, 0.25) is 5.76 Å². The van der Waals surface area contributed by atoms with Gasteiger partial charge in [0.15, 0.2) is 0 Å². The van der Waals surface area contributed by atoms with E-state index >= 15 is 0 Å². The highest BCUT2D eigenvalue weighted by Crippen LogP contribution is 2.26. The molecule has 1 amide bonds. The van der Waals surface area contributed by atoms with Crippen LogP contribution in [0.3, 0.4) is 0 Å². The van der Waals surface area contributed by atoms with Crippen molar-refractivity contribution in [2.45, 2.75) is 19.9 Å². The van der Waals surface area contributed by atoms with Gasteiger partial charge in [-0.05, 0) is 30.2 Å². The summed E-state index contributed by atoms with van der Waals surface area (Å²) in [7, 11) is 0. The van der Waals surface area contributed by atoms with Crippen LogP contribution in [0.25, 0.3) is 5.52 Å². The summed E-state index contributed by atoms with van der Waals surface area (Å²) in [5.41, 5.74) is 1.86. The fourth-order valence-electron chi connectivity index (χ4n) is 3.28. The number of rotatable bonds is 5. The molecule has 2 heterocycles. The number of amides is 1. The number of nitrogens with zero attached hydrogens (tertiary/aromatic N) is 1. The summed E-state index contributed by atoms with van der Waals surface area (Å²) in [4.78, 5) is 25.4. The molecule has 0 unspecified atom stereocenters. The van der Waals surface area contributed by atoms with Gasteiger partial charge in [-0.1, -0.05) is 42.5 Å². The van der Waals surface area contributed by atoms with Crippen LogP contribution in [0.15, 0.2) is 70.0 Å². The minimum Gasteiger partial charge on any atom is -0.507 e. The second-order valence-electron chi connectivity index (χ2n) is 7.01. The Labute approximate surface area is 171 Å². The van der Waals surface area contributed by atoms with E-state index in [9.17, 15) is 19.1 Å². The van der Waals surface area contributed by atoms with Crippen LogP contribution in [-0.2, 0) is 13.0 Å². The highest BCUT2D eigenvalue weighted by atomic mass is 19.1. The van der Waals surface area contributed by atoms with E-state index in [1.54, 1.807) is 19.1 Å². The van der Waals surface area contributed by atoms with Crippen molar-refractivity contribution in [3.05, 3.63) is 105 Å². The first-order chi connectivity index (χ1) is 14.4. The maximum atomic E-state index is 13.1. The molecule has 0 saturated heterocycles. The van der Waals surface area contributed by atoms with Crippen molar-refractivity contribution in [1.29, 1.82) is 0 Å². The summed E-state index contributed by atoms with van der Waals surface area (Å²) in [6.45, 7) is 1.95. The predicted octanol–water partition coefficient (Wildman–Crippen LogP) is 3.57. The average Bonchev–Trinajstić information content (AvgIpc) is 3.21. The van der Waals surface area contributed by atoms with Crippen molar-refractivity contribution in [2.75, 3.05) is 0 Å². The molecule has 6 nitrogen and oxygen atoms in total. The molecular weight excluding hydrogens is 387 g/mol. The first-order valence-electron chi connectivity index (χ1n) is 9.38. The third-order valence-corrected chi connectivity index (χ3v) is 4.96. The Morgan fingerprint density at radius 2 is 1.80 bits per heavy atom. The number of hydrogen-bond acceptors (Lipinski definition) is 4. The van der Waals surface area contributed by atoms with Gasteiger partial charge in [0, 0.05) is 24.6 Å². The fraction of sp³-hybridized carbons (Fsp3) is 0.130. The lowest BCUT2D eigenvalue weighted by atomic mass is 10.0. The summed E-state index contributed by atoms with van der Waals surface area (Å²) >= 11 is 0. The molecule has 2 aromatic heterocycles. The Hall–Kier alpha value is -3.87. The molecule has 2 aromatic carbocycles. The smallest absolute Gasteiger partial charge is 0.291 e. The van der Waals surface area contributed by atoms with Gasteiger partial charge in [-0.2, -0.15) is 0 Å². The highest BCUT2D eigenvalue weighted by molar-refractivity contribution is 5.92. The molecule has 4 rings (SSSR count). The van der Waals surface area contributed by atoms with Crippen molar-refractivity contribution in [3.8, 4) is 5.75 Å². The number of aromatic nitrogens is 1. The van der Waals surface area contributed by atoms with Crippen molar-refractivity contribution < 1.29 is 18.8 Å². The van der Waals surface area contributed by atoms with Gasteiger partial charge < -0.3 is 14.9 Å². The van der Waals surface area contributed by atoms with E-state index < -0.39 is 11.5 Å². The lowest BCUT2D eigenvalue weighted by Crippen LogP contribution is -2.22. The van der Waals surface area contributed by atoms with Crippen LogP contribution < -0.4 is 10.9 Å². The Bertz CT molecular complexity index is 1270. The van der Waals surface area contributed by atoms with Crippen LogP contribution in [0.1, 0.15) is 32.8 Å². The van der Waals surface area contributed by atoms with Crippen LogP contribution in [0.2, 0.25) is 0 Å². The summed E-state index contributed by atoms with van der Waals surface area (Å²) < 4.78 is 19.6. The summed E-state index contributed by atoms with van der Waals surface area (Å²) in [6.07, 6.45) is 0.102. The van der Waals surface area contributed by atoms with Crippen LogP contribution in [0, 0.1) is 12.7 Å². The molecule has 4 aromatic rings. The van der Waals surface area contributed by atoms with Gasteiger partial charge in [-0.15, -0.1) is 4.57 Å². The largest absolute Gasteiger partial charge is 0.507 e. The number of pyridine rings is 1. The molecule has 0 fully saturated rings. The van der Waals surface area contributed by atoms with Crippen molar-refractivity contribution in [2.24, 2.45) is 0 Å². The molecule has 0 aliphatic carbocycles. The van der Waals surface area contributed by atoms with E-state index in [1.807, 2.05) is 30.3 Å². The standard InChI is InChI=1S/C23H19FN2O4/c1-14-19-12-20(22(28)25-13-16-5-3-2-4-6-16)30-26(19)23(29)18(21(14)27)11-15-7-9-17(24)10-8-15/h2-10,12,27H,11,13H2,1H3,(H,25,28). The Morgan fingerprint density at radius 1 is 1.10 bits per heavy atom. The lowest BCUT2D eigenvalue weighted by Gasteiger charge is -2.08. The van der Waals surface area contributed by atoms with Crippen molar-refractivity contribution in [1.82, 2.24) is 9.89 Å². The molecule has 30 heavy (non-hydrogen) atoms. The van der Waals surface area contributed by atoms with E-state index in [2.05, 4.69) is 5.32 Å². The Morgan fingerprint density at radius 3 is 2.50 bits per heavy atom. The molecule has 0 bridgehead atoms. The van der Waals surface area contributed by atoms with Gasteiger partial charge in [0.05, 0.1) is 11.1 Å². The van der Waals surface area contributed by atoms with Crippen LogP contribution in [0.4, 0.5) is 4.39 Å². The molecule has 7 heteroatoms. The zero-order valence-electron chi connectivity index (χ0n) is 16.2. The molecule has 2 N–H and O–H groups in total. The number of fused-ring (bicyclic) bond motifs is 1. The number of nitrogens with one attached hydrogen (secondary N) is 1. The Kier molecular flexibility index (Phi) is 5.10. The number of aryl methyl sites for hydroxylation is 1. The zero-order valence-corrected chi connectivity index (χ0v) is 16.2. The zero-order chi connectivity index (χ0) is 21.3.